The third-order valence-electron chi connectivity index (χ3n) is 4.03. The Balaban J connectivity index is 0.00000110. The van der Waals surface area contributed by atoms with E-state index in [0.29, 0.717) is 0 Å². The number of nitrogens with one attached hydrogen (secondary N) is 2. The number of anilines is 1. The molecule has 31 heavy (non-hydrogen) atoms. The van der Waals surface area contributed by atoms with Gasteiger partial charge in [0.1, 0.15) is 36.3 Å². The number of rotatable bonds is 6. The minimum Gasteiger partial charge on any atom is -0.481 e. The maximum Gasteiger partial charge on any atom is 0.351 e. The van der Waals surface area contributed by atoms with Gasteiger partial charge in [-0.25, -0.2) is 4.79 Å². The van der Waals surface area contributed by atoms with E-state index < -0.39 is 66.8 Å². The number of hydrogen-bond acceptors (Lipinski definition) is 10. The van der Waals surface area contributed by atoms with Crippen LogP contribution in [-0.4, -0.2) is 89.9 Å². The Morgan fingerprint density at radius 3 is 2.26 bits per heavy atom. The molecule has 1 aromatic heterocycles. The Hall–Kier alpha value is -2.91. The van der Waals surface area contributed by atoms with Gasteiger partial charge in [-0.3, -0.25) is 19.0 Å². The molecule has 1 unspecified atom stereocenters. The Morgan fingerprint density at radius 1 is 1.23 bits per heavy atom. The van der Waals surface area contributed by atoms with E-state index in [9.17, 15) is 24.6 Å². The Labute approximate surface area is 176 Å². The fourth-order valence-corrected chi connectivity index (χ4v) is 2.50. The Bertz CT molecular complexity index is 852. The van der Waals surface area contributed by atoms with Crippen molar-refractivity contribution >= 4 is 23.6 Å². The number of amides is 2. The van der Waals surface area contributed by atoms with Gasteiger partial charge in [-0.05, 0) is 19.9 Å². The molecule has 14 heteroatoms. The largest absolute Gasteiger partial charge is 0.481 e. The van der Waals surface area contributed by atoms with Gasteiger partial charge in [0.05, 0.1) is 6.61 Å². The van der Waals surface area contributed by atoms with Crippen LogP contribution in [-0.2, 0) is 19.1 Å². The van der Waals surface area contributed by atoms with Crippen molar-refractivity contribution in [2.45, 2.75) is 50.8 Å². The highest BCUT2D eigenvalue weighted by atomic mass is 16.6. The number of carboxylic acid groups (broad SMARTS) is 1. The summed E-state index contributed by atoms with van der Waals surface area (Å²) in [5.41, 5.74) is -2.25. The molecule has 0 aromatic carbocycles. The second-order valence-electron chi connectivity index (χ2n) is 7.04. The lowest BCUT2D eigenvalue weighted by Crippen LogP contribution is -2.53. The molecule has 0 saturated carbocycles. The lowest BCUT2D eigenvalue weighted by Gasteiger charge is -2.24. The van der Waals surface area contributed by atoms with Gasteiger partial charge in [0, 0.05) is 13.1 Å². The minimum atomic E-state index is -1.45. The smallest absolute Gasteiger partial charge is 0.351 e. The van der Waals surface area contributed by atoms with E-state index in [4.69, 9.17) is 24.9 Å². The lowest BCUT2D eigenvalue weighted by molar-refractivity contribution is -0.134. The van der Waals surface area contributed by atoms with E-state index in [1.165, 1.54) is 26.1 Å². The normalized spacial score (nSPS) is 22.8. The zero-order valence-electron chi connectivity index (χ0n) is 17.1. The molecule has 0 aliphatic carbocycles. The molecular formula is C17H26N4O10. The average molecular weight is 446 g/mol. The highest BCUT2D eigenvalue weighted by molar-refractivity contribution is 5.99. The molecule has 14 nitrogen and oxygen atoms in total. The van der Waals surface area contributed by atoms with Crippen LogP contribution < -0.4 is 16.3 Å². The summed E-state index contributed by atoms with van der Waals surface area (Å²) < 4.78 is 6.16. The molecule has 1 aliphatic rings. The van der Waals surface area contributed by atoms with Crippen molar-refractivity contribution in [3.05, 3.63) is 22.7 Å². The van der Waals surface area contributed by atoms with E-state index in [-0.39, 0.29) is 5.82 Å². The standard InChI is InChI=1S/C15H22N4O8.C2H4O2/c1-15(2,18-9(22)6-21)13(25)16-8-3-4-19(14(26)17-8)12-11(24)10(23)7(5-20)27-12;1-2(3)4/h3-4,7,10-12,20-21,23-24H,5-6H2,1-2H3,(H,18,22)(H,16,17,25,26);1H3,(H,3,4)/t7-,10-,11+,12?;/m1./s1. The van der Waals surface area contributed by atoms with Gasteiger partial charge >= 0.3 is 5.69 Å². The van der Waals surface area contributed by atoms with Crippen molar-refractivity contribution in [2.24, 2.45) is 0 Å². The van der Waals surface area contributed by atoms with Crippen LogP contribution in [0.4, 0.5) is 5.82 Å². The van der Waals surface area contributed by atoms with Crippen molar-refractivity contribution in [1.29, 1.82) is 0 Å². The molecule has 0 bridgehead atoms. The van der Waals surface area contributed by atoms with Crippen LogP contribution in [0.25, 0.3) is 0 Å². The minimum absolute atomic E-state index is 0.112. The number of aliphatic hydroxyl groups is 4. The number of carbonyl (C=O) groups is 3. The fraction of sp³-hybridized carbons (Fsp3) is 0.588. The maximum atomic E-state index is 12.2. The number of nitrogens with zero attached hydrogens (tertiary/aromatic N) is 2. The van der Waals surface area contributed by atoms with Crippen LogP contribution in [0.3, 0.4) is 0 Å². The third kappa shape index (κ3) is 7.08. The second kappa shape index (κ2) is 10.9. The van der Waals surface area contributed by atoms with Crippen LogP contribution in [0.2, 0.25) is 0 Å². The third-order valence-corrected chi connectivity index (χ3v) is 4.03. The molecule has 1 fully saturated rings. The van der Waals surface area contributed by atoms with Crippen LogP contribution in [0.5, 0.6) is 0 Å². The molecule has 4 atom stereocenters. The molecule has 7 N–H and O–H groups in total. The predicted octanol–water partition coefficient (Wildman–Crippen LogP) is -3.23. The van der Waals surface area contributed by atoms with Crippen LogP contribution >= 0.6 is 0 Å². The Kier molecular flexibility index (Phi) is 9.20. The van der Waals surface area contributed by atoms with Crippen LogP contribution in [0.1, 0.15) is 27.0 Å². The molecule has 174 valence electrons. The quantitative estimate of drug-likeness (QED) is 0.230. The maximum absolute atomic E-state index is 12.2. The molecule has 2 amide bonds. The van der Waals surface area contributed by atoms with E-state index in [0.717, 1.165) is 11.5 Å². The average Bonchev–Trinajstić information content (AvgIpc) is 2.95. The molecule has 1 aromatic rings. The number of carboxylic acids is 1. The fourth-order valence-electron chi connectivity index (χ4n) is 2.50. The first-order valence-electron chi connectivity index (χ1n) is 8.98. The number of ether oxygens (including phenoxy) is 1. The van der Waals surface area contributed by atoms with Crippen molar-refractivity contribution in [3.8, 4) is 0 Å². The van der Waals surface area contributed by atoms with Gasteiger partial charge in [-0.15, -0.1) is 0 Å². The summed E-state index contributed by atoms with van der Waals surface area (Å²) in [5.74, 6) is -2.37. The van der Waals surface area contributed by atoms with Crippen LogP contribution in [0, 0.1) is 0 Å². The number of hydrogen-bond donors (Lipinski definition) is 7. The summed E-state index contributed by atoms with van der Waals surface area (Å²) >= 11 is 0. The van der Waals surface area contributed by atoms with Gasteiger partial charge < -0.3 is 40.9 Å². The number of aromatic nitrogens is 2. The molecule has 0 radical (unpaired) electrons. The molecule has 2 heterocycles. The first-order chi connectivity index (χ1) is 14.3. The summed E-state index contributed by atoms with van der Waals surface area (Å²) in [7, 11) is 0. The first-order valence-corrected chi connectivity index (χ1v) is 8.98. The predicted molar refractivity (Wildman–Crippen MR) is 103 cm³/mol. The van der Waals surface area contributed by atoms with Gasteiger partial charge in [0.15, 0.2) is 6.23 Å². The number of aliphatic hydroxyl groups excluding tert-OH is 4. The highest BCUT2D eigenvalue weighted by Gasteiger charge is 2.43. The van der Waals surface area contributed by atoms with Crippen molar-refractivity contribution in [3.63, 3.8) is 0 Å². The highest BCUT2D eigenvalue weighted by Crippen LogP contribution is 2.28. The van der Waals surface area contributed by atoms with E-state index in [1.54, 1.807) is 0 Å². The van der Waals surface area contributed by atoms with Crippen molar-refractivity contribution in [1.82, 2.24) is 14.9 Å². The van der Waals surface area contributed by atoms with E-state index in [2.05, 4.69) is 15.6 Å². The summed E-state index contributed by atoms with van der Waals surface area (Å²) in [6.07, 6.45) is -3.92. The SMILES string of the molecule is CC(=O)O.CC(C)(NC(=O)CO)C(=O)Nc1ccn(C2O[C@H](CO)[C@@H](O)[C@@H]2O)c(=O)n1. The van der Waals surface area contributed by atoms with Gasteiger partial charge in [0.25, 0.3) is 11.9 Å². The van der Waals surface area contributed by atoms with Gasteiger partial charge in [-0.2, -0.15) is 4.98 Å². The summed E-state index contributed by atoms with van der Waals surface area (Å²) in [6.45, 7) is 2.56. The molecular weight excluding hydrogens is 420 g/mol. The molecule has 0 spiro atoms. The van der Waals surface area contributed by atoms with Gasteiger partial charge in [0.2, 0.25) is 5.91 Å². The Morgan fingerprint density at radius 2 is 1.81 bits per heavy atom. The topological polar surface area (TPSA) is 221 Å². The van der Waals surface area contributed by atoms with Crippen LogP contribution in [0.15, 0.2) is 17.1 Å². The van der Waals surface area contributed by atoms with Crippen molar-refractivity contribution < 1.29 is 44.7 Å². The first kappa shape index (κ1) is 26.1. The number of aliphatic carboxylic acids is 1. The molecule has 1 saturated heterocycles. The summed E-state index contributed by atoms with van der Waals surface area (Å²) in [4.78, 5) is 48.3. The van der Waals surface area contributed by atoms with Gasteiger partial charge in [-0.1, -0.05) is 0 Å². The summed E-state index contributed by atoms with van der Waals surface area (Å²) in [5, 5.41) is 49.6. The molecule has 1 aliphatic heterocycles. The zero-order valence-corrected chi connectivity index (χ0v) is 17.1. The lowest BCUT2D eigenvalue weighted by atomic mass is 10.0. The summed E-state index contributed by atoms with van der Waals surface area (Å²) in [6, 6.07) is 1.26. The van der Waals surface area contributed by atoms with E-state index >= 15 is 0 Å². The van der Waals surface area contributed by atoms with Crippen molar-refractivity contribution in [2.75, 3.05) is 18.5 Å². The second-order valence-corrected chi connectivity index (χ2v) is 7.04. The molecule has 2 rings (SSSR count). The number of carbonyl (C=O) groups excluding carboxylic acids is 2. The van der Waals surface area contributed by atoms with E-state index in [1.807, 2.05) is 0 Å². The monoisotopic (exact) mass is 446 g/mol. The zero-order chi connectivity index (χ0) is 23.9.